The third-order valence-corrected chi connectivity index (χ3v) is 4.05. The molecule has 0 fully saturated rings. The Labute approximate surface area is 144 Å². The van der Waals surface area contributed by atoms with E-state index in [-0.39, 0.29) is 29.0 Å². The fourth-order valence-corrected chi connectivity index (χ4v) is 2.85. The predicted octanol–water partition coefficient (Wildman–Crippen LogP) is 3.75. The molecule has 0 heterocycles. The molecule has 4 nitrogen and oxygen atoms in total. The molecular formula is C18H19FN2O2S. The lowest BCUT2D eigenvalue weighted by molar-refractivity contribution is -0.114. The van der Waals surface area contributed by atoms with Crippen molar-refractivity contribution in [3.63, 3.8) is 0 Å². The van der Waals surface area contributed by atoms with Crippen molar-refractivity contribution in [3.8, 4) is 0 Å². The minimum absolute atomic E-state index is 0.0780. The van der Waals surface area contributed by atoms with Gasteiger partial charge in [-0.15, -0.1) is 11.8 Å². The maximum absolute atomic E-state index is 13.4. The highest BCUT2D eigenvalue weighted by Gasteiger charge is 2.09. The van der Waals surface area contributed by atoms with Crippen LogP contribution >= 0.6 is 11.8 Å². The van der Waals surface area contributed by atoms with Crippen LogP contribution in [0.25, 0.3) is 0 Å². The molecule has 2 N–H and O–H groups in total. The molecule has 126 valence electrons. The second-order valence-corrected chi connectivity index (χ2v) is 6.43. The van der Waals surface area contributed by atoms with E-state index in [9.17, 15) is 14.0 Å². The number of halogens is 1. The van der Waals surface area contributed by atoms with Gasteiger partial charge >= 0.3 is 0 Å². The van der Waals surface area contributed by atoms with Crippen LogP contribution in [0.5, 0.6) is 0 Å². The number of rotatable bonds is 6. The third kappa shape index (κ3) is 5.70. The van der Waals surface area contributed by atoms with E-state index in [1.54, 1.807) is 12.1 Å². The molecule has 6 heteroatoms. The number of carbonyl (C=O) groups excluding carboxylic acids is 2. The van der Waals surface area contributed by atoms with Crippen LogP contribution in [0.4, 0.5) is 15.8 Å². The lowest BCUT2D eigenvalue weighted by Crippen LogP contribution is -2.19. The zero-order valence-corrected chi connectivity index (χ0v) is 14.4. The zero-order chi connectivity index (χ0) is 17.5. The first kappa shape index (κ1) is 18.0. The van der Waals surface area contributed by atoms with Crippen molar-refractivity contribution in [3.05, 3.63) is 59.4 Å². The monoisotopic (exact) mass is 346 g/mol. The number of amides is 2. The number of benzene rings is 2. The standard InChI is InChI=1S/C18H19FN2O2S/c1-12-7-13(2)9-14(8-12)20-17(22)10-24-11-18(23)21-16-6-4-3-5-15(16)19/h3-9H,10-11H2,1-2H3,(H,20,22)(H,21,23). The number of carbonyl (C=O) groups is 2. The predicted molar refractivity (Wildman–Crippen MR) is 96.9 cm³/mol. The molecule has 0 spiro atoms. The van der Waals surface area contributed by atoms with Gasteiger partial charge in [0.05, 0.1) is 17.2 Å². The molecule has 0 aliphatic carbocycles. The van der Waals surface area contributed by atoms with Crippen LogP contribution < -0.4 is 10.6 Å². The van der Waals surface area contributed by atoms with Gasteiger partial charge in [0.1, 0.15) is 5.82 Å². The molecule has 2 rings (SSSR count). The van der Waals surface area contributed by atoms with Crippen LogP contribution in [0.2, 0.25) is 0 Å². The normalized spacial score (nSPS) is 10.3. The first-order chi connectivity index (χ1) is 11.4. The number of aryl methyl sites for hydroxylation is 2. The van der Waals surface area contributed by atoms with E-state index in [1.807, 2.05) is 32.0 Å². The fraction of sp³-hybridized carbons (Fsp3) is 0.222. The molecule has 2 aromatic carbocycles. The number of thioether (sulfide) groups is 1. The molecule has 0 unspecified atom stereocenters. The lowest BCUT2D eigenvalue weighted by atomic mass is 10.1. The molecule has 24 heavy (non-hydrogen) atoms. The van der Waals surface area contributed by atoms with E-state index < -0.39 is 5.82 Å². The Bertz CT molecular complexity index is 729. The van der Waals surface area contributed by atoms with E-state index in [0.29, 0.717) is 0 Å². The lowest BCUT2D eigenvalue weighted by Gasteiger charge is -2.08. The van der Waals surface area contributed by atoms with Crippen LogP contribution in [0, 0.1) is 19.7 Å². The Morgan fingerprint density at radius 1 is 0.958 bits per heavy atom. The van der Waals surface area contributed by atoms with Gasteiger partial charge in [-0.1, -0.05) is 18.2 Å². The molecule has 0 radical (unpaired) electrons. The van der Waals surface area contributed by atoms with Gasteiger partial charge in [-0.3, -0.25) is 9.59 Å². The van der Waals surface area contributed by atoms with Gasteiger partial charge in [0.15, 0.2) is 0 Å². The highest BCUT2D eigenvalue weighted by atomic mass is 32.2. The minimum Gasteiger partial charge on any atom is -0.325 e. The molecule has 0 bridgehead atoms. The van der Waals surface area contributed by atoms with Crippen LogP contribution in [-0.4, -0.2) is 23.3 Å². The molecule has 0 aliphatic heterocycles. The van der Waals surface area contributed by atoms with Crippen molar-refractivity contribution < 1.29 is 14.0 Å². The molecule has 0 aliphatic rings. The van der Waals surface area contributed by atoms with Gasteiger partial charge in [0, 0.05) is 5.69 Å². The smallest absolute Gasteiger partial charge is 0.234 e. The summed E-state index contributed by atoms with van der Waals surface area (Å²) in [5.74, 6) is -0.775. The summed E-state index contributed by atoms with van der Waals surface area (Å²) in [7, 11) is 0. The van der Waals surface area contributed by atoms with Crippen LogP contribution in [-0.2, 0) is 9.59 Å². The van der Waals surface area contributed by atoms with Crippen molar-refractivity contribution in [2.75, 3.05) is 22.1 Å². The van der Waals surface area contributed by atoms with Crippen LogP contribution in [0.3, 0.4) is 0 Å². The van der Waals surface area contributed by atoms with E-state index in [1.165, 1.54) is 23.9 Å². The molecule has 2 amide bonds. The van der Waals surface area contributed by atoms with Gasteiger partial charge in [0.2, 0.25) is 11.8 Å². The van der Waals surface area contributed by atoms with Crippen LogP contribution in [0.1, 0.15) is 11.1 Å². The summed E-state index contributed by atoms with van der Waals surface area (Å²) in [6, 6.07) is 11.8. The van der Waals surface area contributed by atoms with E-state index in [2.05, 4.69) is 10.6 Å². The Hall–Kier alpha value is -2.34. The number of hydrogen-bond donors (Lipinski definition) is 2. The largest absolute Gasteiger partial charge is 0.325 e. The zero-order valence-electron chi connectivity index (χ0n) is 13.6. The molecule has 0 saturated heterocycles. The minimum atomic E-state index is -0.483. The third-order valence-electron chi connectivity index (χ3n) is 3.12. The molecule has 2 aromatic rings. The molecule has 0 atom stereocenters. The molecular weight excluding hydrogens is 327 g/mol. The van der Waals surface area contributed by atoms with Gasteiger partial charge in [-0.05, 0) is 49.2 Å². The number of hydrogen-bond acceptors (Lipinski definition) is 3. The van der Waals surface area contributed by atoms with Crippen molar-refractivity contribution >= 4 is 35.0 Å². The maximum atomic E-state index is 13.4. The Balaban J connectivity index is 1.76. The average molecular weight is 346 g/mol. The van der Waals surface area contributed by atoms with Crippen molar-refractivity contribution in [1.29, 1.82) is 0 Å². The van der Waals surface area contributed by atoms with Gasteiger partial charge in [-0.2, -0.15) is 0 Å². The number of anilines is 2. The Morgan fingerprint density at radius 2 is 1.54 bits per heavy atom. The Morgan fingerprint density at radius 3 is 2.17 bits per heavy atom. The summed E-state index contributed by atoms with van der Waals surface area (Å²) in [4.78, 5) is 23.7. The quantitative estimate of drug-likeness (QED) is 0.837. The second-order valence-electron chi connectivity index (χ2n) is 5.45. The fourth-order valence-electron chi connectivity index (χ4n) is 2.23. The molecule has 0 aromatic heterocycles. The first-order valence-corrected chi connectivity index (χ1v) is 8.60. The SMILES string of the molecule is Cc1cc(C)cc(NC(=O)CSCC(=O)Nc2ccccc2F)c1. The van der Waals surface area contributed by atoms with Crippen molar-refractivity contribution in [1.82, 2.24) is 0 Å². The Kier molecular flexibility index (Phi) is 6.37. The van der Waals surface area contributed by atoms with Crippen LogP contribution in [0.15, 0.2) is 42.5 Å². The van der Waals surface area contributed by atoms with Crippen molar-refractivity contribution in [2.24, 2.45) is 0 Å². The number of nitrogens with one attached hydrogen (secondary N) is 2. The summed E-state index contributed by atoms with van der Waals surface area (Å²) in [5.41, 5.74) is 3.03. The topological polar surface area (TPSA) is 58.2 Å². The van der Waals surface area contributed by atoms with Gasteiger partial charge < -0.3 is 10.6 Å². The summed E-state index contributed by atoms with van der Waals surface area (Å²) in [5, 5.41) is 5.29. The highest BCUT2D eigenvalue weighted by molar-refractivity contribution is 8.00. The summed E-state index contributed by atoms with van der Waals surface area (Å²) >= 11 is 1.18. The average Bonchev–Trinajstić information content (AvgIpc) is 2.48. The maximum Gasteiger partial charge on any atom is 0.234 e. The van der Waals surface area contributed by atoms with Crippen molar-refractivity contribution in [2.45, 2.75) is 13.8 Å². The van der Waals surface area contributed by atoms with E-state index in [0.717, 1.165) is 16.8 Å². The molecule has 0 saturated carbocycles. The van der Waals surface area contributed by atoms with E-state index in [4.69, 9.17) is 0 Å². The highest BCUT2D eigenvalue weighted by Crippen LogP contribution is 2.15. The second kappa shape index (κ2) is 8.49. The summed E-state index contributed by atoms with van der Waals surface area (Å²) < 4.78 is 13.4. The summed E-state index contributed by atoms with van der Waals surface area (Å²) in [6.07, 6.45) is 0. The van der Waals surface area contributed by atoms with E-state index >= 15 is 0 Å². The summed E-state index contributed by atoms with van der Waals surface area (Å²) in [6.45, 7) is 3.93. The van der Waals surface area contributed by atoms with Gasteiger partial charge in [-0.25, -0.2) is 4.39 Å². The first-order valence-electron chi connectivity index (χ1n) is 7.44. The van der Waals surface area contributed by atoms with Gasteiger partial charge in [0.25, 0.3) is 0 Å². The number of para-hydroxylation sites is 1.